The number of hydrogen-bond acceptors (Lipinski definition) is 1. The second-order valence-corrected chi connectivity index (χ2v) is 5.98. The molecular weight excluding hydrogens is 341 g/mol. The van der Waals surface area contributed by atoms with E-state index in [0.717, 1.165) is 11.1 Å². The maximum absolute atomic E-state index is 13.4. The Labute approximate surface area is 149 Å². The highest BCUT2D eigenvalue weighted by molar-refractivity contribution is 6.07. The van der Waals surface area contributed by atoms with E-state index in [2.05, 4.69) is 5.32 Å². The van der Waals surface area contributed by atoms with Crippen LogP contribution in [0.4, 0.5) is 18.9 Å². The van der Waals surface area contributed by atoms with Gasteiger partial charge in [-0.3, -0.25) is 4.79 Å². The SMILES string of the molecule is Cc1c(C(F)(F)F)c(C(=O)Nc2ccccc2-c2ccccc2)cn1C. The number of amides is 1. The molecule has 1 heterocycles. The summed E-state index contributed by atoms with van der Waals surface area (Å²) in [6, 6.07) is 16.3. The molecule has 1 aromatic heterocycles. The zero-order valence-corrected chi connectivity index (χ0v) is 14.3. The van der Waals surface area contributed by atoms with Crippen molar-refractivity contribution in [3.8, 4) is 11.1 Å². The number of carbonyl (C=O) groups excluding carboxylic acids is 1. The van der Waals surface area contributed by atoms with E-state index in [4.69, 9.17) is 0 Å². The predicted molar refractivity (Wildman–Crippen MR) is 95.0 cm³/mol. The van der Waals surface area contributed by atoms with E-state index in [0.29, 0.717) is 5.69 Å². The molecule has 0 fully saturated rings. The first-order valence-corrected chi connectivity index (χ1v) is 7.98. The number of carbonyl (C=O) groups is 1. The van der Waals surface area contributed by atoms with Crippen LogP contribution in [0, 0.1) is 6.92 Å². The van der Waals surface area contributed by atoms with Gasteiger partial charge in [0.15, 0.2) is 0 Å². The van der Waals surface area contributed by atoms with E-state index >= 15 is 0 Å². The number of nitrogens with one attached hydrogen (secondary N) is 1. The van der Waals surface area contributed by atoms with Crippen LogP contribution in [0.25, 0.3) is 11.1 Å². The number of halogens is 3. The van der Waals surface area contributed by atoms with Crippen LogP contribution < -0.4 is 5.32 Å². The van der Waals surface area contributed by atoms with Crippen LogP contribution >= 0.6 is 0 Å². The third-order valence-electron chi connectivity index (χ3n) is 4.27. The first-order chi connectivity index (χ1) is 12.3. The van der Waals surface area contributed by atoms with Gasteiger partial charge in [0.2, 0.25) is 0 Å². The Morgan fingerprint density at radius 2 is 1.62 bits per heavy atom. The van der Waals surface area contributed by atoms with Gasteiger partial charge in [0.1, 0.15) is 0 Å². The minimum atomic E-state index is -4.60. The fourth-order valence-corrected chi connectivity index (χ4v) is 2.91. The van der Waals surface area contributed by atoms with Gasteiger partial charge < -0.3 is 9.88 Å². The van der Waals surface area contributed by atoms with Crippen molar-refractivity contribution < 1.29 is 18.0 Å². The van der Waals surface area contributed by atoms with Crippen LogP contribution in [-0.2, 0) is 13.2 Å². The van der Waals surface area contributed by atoms with Gasteiger partial charge in [-0.2, -0.15) is 13.2 Å². The largest absolute Gasteiger partial charge is 0.418 e. The van der Waals surface area contributed by atoms with Crippen molar-refractivity contribution in [2.75, 3.05) is 5.32 Å². The lowest BCUT2D eigenvalue weighted by Gasteiger charge is -2.13. The zero-order valence-electron chi connectivity index (χ0n) is 14.3. The lowest BCUT2D eigenvalue weighted by atomic mass is 10.0. The van der Waals surface area contributed by atoms with Gasteiger partial charge in [-0.05, 0) is 18.6 Å². The van der Waals surface area contributed by atoms with E-state index in [9.17, 15) is 18.0 Å². The highest BCUT2D eigenvalue weighted by Gasteiger charge is 2.39. The minimum Gasteiger partial charge on any atom is -0.353 e. The second-order valence-electron chi connectivity index (χ2n) is 5.98. The molecule has 134 valence electrons. The van der Waals surface area contributed by atoms with E-state index < -0.39 is 17.6 Å². The lowest BCUT2D eigenvalue weighted by Crippen LogP contribution is -2.18. The van der Waals surface area contributed by atoms with Crippen molar-refractivity contribution in [2.24, 2.45) is 7.05 Å². The summed E-state index contributed by atoms with van der Waals surface area (Å²) in [7, 11) is 1.49. The van der Waals surface area contributed by atoms with Gasteiger partial charge in [0.25, 0.3) is 5.91 Å². The first kappa shape index (κ1) is 17.8. The molecule has 0 aliphatic heterocycles. The molecule has 0 saturated heterocycles. The van der Waals surface area contributed by atoms with Crippen LogP contribution in [0.15, 0.2) is 60.8 Å². The second kappa shape index (κ2) is 6.71. The molecule has 0 saturated carbocycles. The highest BCUT2D eigenvalue weighted by atomic mass is 19.4. The molecule has 2 aromatic carbocycles. The number of hydrogen-bond donors (Lipinski definition) is 1. The first-order valence-electron chi connectivity index (χ1n) is 7.98. The molecule has 26 heavy (non-hydrogen) atoms. The van der Waals surface area contributed by atoms with Crippen molar-refractivity contribution in [1.29, 1.82) is 0 Å². The number of benzene rings is 2. The van der Waals surface area contributed by atoms with Crippen LogP contribution in [0.5, 0.6) is 0 Å². The monoisotopic (exact) mass is 358 g/mol. The Morgan fingerprint density at radius 3 is 2.27 bits per heavy atom. The molecule has 0 aliphatic carbocycles. The molecule has 1 amide bonds. The van der Waals surface area contributed by atoms with Gasteiger partial charge in [0.05, 0.1) is 11.1 Å². The molecule has 0 unspecified atom stereocenters. The van der Waals surface area contributed by atoms with E-state index in [1.807, 2.05) is 42.5 Å². The Morgan fingerprint density at radius 1 is 1.00 bits per heavy atom. The summed E-state index contributed by atoms with van der Waals surface area (Å²) in [5.41, 5.74) is 0.763. The number of alkyl halides is 3. The number of rotatable bonds is 3. The van der Waals surface area contributed by atoms with Crippen molar-refractivity contribution in [1.82, 2.24) is 4.57 Å². The van der Waals surface area contributed by atoms with Gasteiger partial charge in [-0.25, -0.2) is 0 Å². The fraction of sp³-hybridized carbons (Fsp3) is 0.150. The summed E-state index contributed by atoms with van der Waals surface area (Å²) in [5, 5.41) is 2.63. The number of para-hydroxylation sites is 1. The lowest BCUT2D eigenvalue weighted by molar-refractivity contribution is -0.138. The molecular formula is C20H17F3N2O. The smallest absolute Gasteiger partial charge is 0.353 e. The third kappa shape index (κ3) is 3.35. The molecule has 0 aliphatic rings. The summed E-state index contributed by atoms with van der Waals surface area (Å²) in [5.74, 6) is -0.788. The van der Waals surface area contributed by atoms with Gasteiger partial charge in [-0.1, -0.05) is 48.5 Å². The number of anilines is 1. The van der Waals surface area contributed by atoms with Crippen LogP contribution in [0.2, 0.25) is 0 Å². The number of nitrogens with zero attached hydrogens (tertiary/aromatic N) is 1. The average Bonchev–Trinajstić information content (AvgIpc) is 2.91. The molecule has 1 N–H and O–H groups in total. The Kier molecular flexibility index (Phi) is 4.59. The van der Waals surface area contributed by atoms with Crippen LogP contribution in [0.1, 0.15) is 21.6 Å². The van der Waals surface area contributed by atoms with Gasteiger partial charge >= 0.3 is 6.18 Å². The third-order valence-corrected chi connectivity index (χ3v) is 4.27. The molecule has 0 radical (unpaired) electrons. The molecule has 3 nitrogen and oxygen atoms in total. The number of aryl methyl sites for hydroxylation is 1. The quantitative estimate of drug-likeness (QED) is 0.680. The van der Waals surface area contributed by atoms with Crippen molar-refractivity contribution in [2.45, 2.75) is 13.1 Å². The Hall–Kier alpha value is -3.02. The van der Waals surface area contributed by atoms with Crippen molar-refractivity contribution >= 4 is 11.6 Å². The zero-order chi connectivity index (χ0) is 18.9. The summed E-state index contributed by atoms with van der Waals surface area (Å²) >= 11 is 0. The molecule has 0 bridgehead atoms. The standard InChI is InChI=1S/C20H17F3N2O/c1-13-18(20(21,22)23)16(12-25(13)2)19(26)24-17-11-7-6-10-15(17)14-8-4-3-5-9-14/h3-12H,1-2H3,(H,24,26). The normalized spacial score (nSPS) is 11.4. The van der Waals surface area contributed by atoms with Crippen LogP contribution in [0.3, 0.4) is 0 Å². The van der Waals surface area contributed by atoms with Gasteiger partial charge in [-0.15, -0.1) is 0 Å². The van der Waals surface area contributed by atoms with E-state index in [-0.39, 0.29) is 11.3 Å². The van der Waals surface area contributed by atoms with E-state index in [1.165, 1.54) is 24.7 Å². The summed E-state index contributed by atoms with van der Waals surface area (Å²) in [6.07, 6.45) is -3.39. The summed E-state index contributed by atoms with van der Waals surface area (Å²) in [6.45, 7) is 1.34. The average molecular weight is 358 g/mol. The fourth-order valence-electron chi connectivity index (χ4n) is 2.91. The number of aromatic nitrogens is 1. The summed E-state index contributed by atoms with van der Waals surface area (Å²) < 4.78 is 41.4. The predicted octanol–water partition coefficient (Wildman–Crippen LogP) is 5.27. The molecule has 0 spiro atoms. The van der Waals surface area contributed by atoms with Crippen molar-refractivity contribution in [3.05, 3.63) is 77.6 Å². The van der Waals surface area contributed by atoms with E-state index in [1.54, 1.807) is 12.1 Å². The molecule has 3 rings (SSSR count). The van der Waals surface area contributed by atoms with Gasteiger partial charge in [0, 0.05) is 30.2 Å². The molecule has 6 heteroatoms. The highest BCUT2D eigenvalue weighted by Crippen LogP contribution is 2.36. The maximum Gasteiger partial charge on any atom is 0.418 e. The maximum atomic E-state index is 13.4. The molecule has 3 aromatic rings. The minimum absolute atomic E-state index is 0.000931. The van der Waals surface area contributed by atoms with Crippen LogP contribution in [-0.4, -0.2) is 10.5 Å². The van der Waals surface area contributed by atoms with Crippen molar-refractivity contribution in [3.63, 3.8) is 0 Å². The molecule has 0 atom stereocenters. The summed E-state index contributed by atoms with van der Waals surface area (Å²) in [4.78, 5) is 12.6. The Bertz CT molecular complexity index is 943. The topological polar surface area (TPSA) is 34.0 Å². The Balaban J connectivity index is 2.00.